The van der Waals surface area contributed by atoms with Crippen LogP contribution in [-0.4, -0.2) is 37.0 Å². The molecule has 1 aliphatic heterocycles. The maximum atomic E-state index is 12.7. The van der Waals surface area contributed by atoms with Gasteiger partial charge in [-0.15, -0.1) is 12.4 Å². The van der Waals surface area contributed by atoms with Gasteiger partial charge in [-0.3, -0.25) is 4.79 Å². The number of rotatable bonds is 2. The van der Waals surface area contributed by atoms with Crippen molar-refractivity contribution in [3.63, 3.8) is 0 Å². The molecular formula is C14H18BrClN2O. The van der Waals surface area contributed by atoms with Crippen LogP contribution < -0.4 is 5.32 Å². The SMILES string of the molecule is Cl.O=C(N1CCNCC1)C1(c2ccc(Br)cc2)CC1. The van der Waals surface area contributed by atoms with Crippen molar-refractivity contribution >= 4 is 34.2 Å². The van der Waals surface area contributed by atoms with Gasteiger partial charge in [-0.1, -0.05) is 28.1 Å². The van der Waals surface area contributed by atoms with E-state index in [0.717, 1.165) is 43.5 Å². The highest BCUT2D eigenvalue weighted by atomic mass is 79.9. The van der Waals surface area contributed by atoms with Gasteiger partial charge in [0.25, 0.3) is 0 Å². The molecule has 1 aromatic carbocycles. The number of nitrogens with zero attached hydrogens (tertiary/aromatic N) is 1. The summed E-state index contributed by atoms with van der Waals surface area (Å²) in [6, 6.07) is 8.22. The van der Waals surface area contributed by atoms with E-state index in [9.17, 15) is 4.79 Å². The number of piperazine rings is 1. The molecule has 1 saturated heterocycles. The molecule has 104 valence electrons. The Bertz CT molecular complexity index is 453. The van der Waals surface area contributed by atoms with Gasteiger partial charge in [0.05, 0.1) is 5.41 Å². The molecule has 1 N–H and O–H groups in total. The number of carbonyl (C=O) groups is 1. The van der Waals surface area contributed by atoms with Gasteiger partial charge in [0.2, 0.25) is 5.91 Å². The fourth-order valence-corrected chi connectivity index (χ4v) is 2.95. The van der Waals surface area contributed by atoms with Crippen LogP contribution in [0.4, 0.5) is 0 Å². The molecule has 1 aliphatic carbocycles. The predicted molar refractivity (Wildman–Crippen MR) is 81.8 cm³/mol. The van der Waals surface area contributed by atoms with Crippen molar-refractivity contribution in [1.82, 2.24) is 10.2 Å². The predicted octanol–water partition coefficient (Wildman–Crippen LogP) is 2.33. The fraction of sp³-hybridized carbons (Fsp3) is 0.500. The number of carbonyl (C=O) groups excluding carboxylic acids is 1. The van der Waals surface area contributed by atoms with Gasteiger partial charge < -0.3 is 10.2 Å². The molecule has 0 bridgehead atoms. The van der Waals surface area contributed by atoms with E-state index in [4.69, 9.17) is 0 Å². The number of amides is 1. The monoisotopic (exact) mass is 344 g/mol. The van der Waals surface area contributed by atoms with E-state index < -0.39 is 0 Å². The van der Waals surface area contributed by atoms with Gasteiger partial charge in [-0.05, 0) is 30.5 Å². The molecule has 1 aromatic rings. The Labute approximate surface area is 128 Å². The zero-order valence-electron chi connectivity index (χ0n) is 10.7. The van der Waals surface area contributed by atoms with Crippen LogP contribution in [-0.2, 0) is 10.2 Å². The zero-order chi connectivity index (χ0) is 12.6. The van der Waals surface area contributed by atoms with E-state index in [-0.39, 0.29) is 17.8 Å². The first-order chi connectivity index (χ1) is 8.72. The molecule has 3 rings (SSSR count). The van der Waals surface area contributed by atoms with Crippen LogP contribution in [0.15, 0.2) is 28.7 Å². The summed E-state index contributed by atoms with van der Waals surface area (Å²) < 4.78 is 1.07. The third-order valence-electron chi connectivity index (χ3n) is 3.96. The molecule has 0 atom stereocenters. The second kappa shape index (κ2) is 5.81. The molecule has 1 heterocycles. The van der Waals surface area contributed by atoms with Crippen LogP contribution in [0.1, 0.15) is 18.4 Å². The van der Waals surface area contributed by atoms with E-state index in [1.807, 2.05) is 17.0 Å². The molecule has 0 spiro atoms. The van der Waals surface area contributed by atoms with E-state index in [1.54, 1.807) is 0 Å². The maximum Gasteiger partial charge on any atom is 0.233 e. The molecule has 0 aromatic heterocycles. The lowest BCUT2D eigenvalue weighted by Gasteiger charge is -2.31. The van der Waals surface area contributed by atoms with E-state index >= 15 is 0 Å². The average Bonchev–Trinajstić information content (AvgIpc) is 3.21. The highest BCUT2D eigenvalue weighted by molar-refractivity contribution is 9.10. The summed E-state index contributed by atoms with van der Waals surface area (Å²) in [6.07, 6.45) is 1.99. The summed E-state index contributed by atoms with van der Waals surface area (Å²) in [6.45, 7) is 3.53. The van der Waals surface area contributed by atoms with Gasteiger partial charge in [0.1, 0.15) is 0 Å². The van der Waals surface area contributed by atoms with Crippen molar-refractivity contribution in [2.75, 3.05) is 26.2 Å². The molecule has 2 fully saturated rings. The smallest absolute Gasteiger partial charge is 0.233 e. The van der Waals surface area contributed by atoms with E-state index in [2.05, 4.69) is 33.4 Å². The number of hydrogen-bond donors (Lipinski definition) is 1. The van der Waals surface area contributed by atoms with Gasteiger partial charge >= 0.3 is 0 Å². The lowest BCUT2D eigenvalue weighted by Crippen LogP contribution is -2.49. The van der Waals surface area contributed by atoms with Crippen LogP contribution in [0, 0.1) is 0 Å². The Hall–Kier alpha value is -0.580. The largest absolute Gasteiger partial charge is 0.339 e. The Morgan fingerprint density at radius 1 is 1.16 bits per heavy atom. The van der Waals surface area contributed by atoms with Gasteiger partial charge in [0.15, 0.2) is 0 Å². The third kappa shape index (κ3) is 2.81. The topological polar surface area (TPSA) is 32.3 Å². The molecular weight excluding hydrogens is 328 g/mol. The summed E-state index contributed by atoms with van der Waals surface area (Å²) in [7, 11) is 0. The molecule has 1 amide bonds. The zero-order valence-corrected chi connectivity index (χ0v) is 13.1. The normalized spacial score (nSPS) is 20.6. The van der Waals surface area contributed by atoms with Crippen LogP contribution in [0.5, 0.6) is 0 Å². The maximum absolute atomic E-state index is 12.7. The van der Waals surface area contributed by atoms with Crippen LogP contribution >= 0.6 is 28.3 Å². The highest BCUT2D eigenvalue weighted by Gasteiger charge is 2.52. The number of hydrogen-bond acceptors (Lipinski definition) is 2. The lowest BCUT2D eigenvalue weighted by molar-refractivity contribution is -0.134. The average molecular weight is 346 g/mol. The second-order valence-corrected chi connectivity index (χ2v) is 6.05. The third-order valence-corrected chi connectivity index (χ3v) is 4.49. The van der Waals surface area contributed by atoms with Crippen molar-refractivity contribution in [2.24, 2.45) is 0 Å². The minimum absolute atomic E-state index is 0. The molecule has 0 radical (unpaired) electrons. The van der Waals surface area contributed by atoms with Crippen molar-refractivity contribution in [1.29, 1.82) is 0 Å². The fourth-order valence-electron chi connectivity index (χ4n) is 2.69. The van der Waals surface area contributed by atoms with Crippen LogP contribution in [0.25, 0.3) is 0 Å². The summed E-state index contributed by atoms with van der Waals surface area (Å²) >= 11 is 3.44. The molecule has 3 nitrogen and oxygen atoms in total. The van der Waals surface area contributed by atoms with Crippen molar-refractivity contribution in [3.8, 4) is 0 Å². The van der Waals surface area contributed by atoms with Crippen molar-refractivity contribution in [3.05, 3.63) is 34.3 Å². The number of halogens is 2. The summed E-state index contributed by atoms with van der Waals surface area (Å²) in [4.78, 5) is 14.7. The second-order valence-electron chi connectivity index (χ2n) is 5.13. The van der Waals surface area contributed by atoms with E-state index in [1.165, 1.54) is 5.56 Å². The summed E-state index contributed by atoms with van der Waals surface area (Å²) in [5.41, 5.74) is 0.965. The standard InChI is InChI=1S/C14H17BrN2O.ClH/c15-12-3-1-11(2-4-12)14(5-6-14)13(18)17-9-7-16-8-10-17;/h1-4,16H,5-10H2;1H. The first kappa shape index (κ1) is 14.8. The minimum atomic E-state index is -0.210. The van der Waals surface area contributed by atoms with Crippen LogP contribution in [0.2, 0.25) is 0 Å². The molecule has 19 heavy (non-hydrogen) atoms. The first-order valence-corrected chi connectivity index (χ1v) is 7.28. The van der Waals surface area contributed by atoms with Crippen molar-refractivity contribution in [2.45, 2.75) is 18.3 Å². The van der Waals surface area contributed by atoms with E-state index in [0.29, 0.717) is 5.91 Å². The Kier molecular flexibility index (Phi) is 4.54. The van der Waals surface area contributed by atoms with Crippen LogP contribution in [0.3, 0.4) is 0 Å². The van der Waals surface area contributed by atoms with Gasteiger partial charge in [-0.25, -0.2) is 0 Å². The Balaban J connectivity index is 0.00000133. The molecule has 5 heteroatoms. The van der Waals surface area contributed by atoms with Gasteiger partial charge in [0, 0.05) is 30.7 Å². The quantitative estimate of drug-likeness (QED) is 0.892. The van der Waals surface area contributed by atoms with Crippen molar-refractivity contribution < 1.29 is 4.79 Å². The molecule has 2 aliphatic rings. The van der Waals surface area contributed by atoms with Gasteiger partial charge in [-0.2, -0.15) is 0 Å². The first-order valence-electron chi connectivity index (χ1n) is 6.48. The Morgan fingerprint density at radius 2 is 1.74 bits per heavy atom. The minimum Gasteiger partial charge on any atom is -0.339 e. The highest BCUT2D eigenvalue weighted by Crippen LogP contribution is 2.49. The molecule has 1 saturated carbocycles. The summed E-state index contributed by atoms with van der Waals surface area (Å²) in [5, 5.41) is 3.29. The number of nitrogens with one attached hydrogen (secondary N) is 1. The lowest BCUT2D eigenvalue weighted by atomic mass is 9.94. The molecule has 0 unspecified atom stereocenters. The summed E-state index contributed by atoms with van der Waals surface area (Å²) in [5.74, 6) is 0.325. The Morgan fingerprint density at radius 3 is 2.26 bits per heavy atom. The number of benzene rings is 1.